The molecular weight excluding hydrogens is 230 g/mol. The van der Waals surface area contributed by atoms with E-state index in [1.165, 1.54) is 12.3 Å². The van der Waals surface area contributed by atoms with Crippen molar-refractivity contribution in [3.8, 4) is 0 Å². The van der Waals surface area contributed by atoms with Gasteiger partial charge in [0.1, 0.15) is 0 Å². The lowest BCUT2D eigenvalue weighted by molar-refractivity contribution is 0.0672. The van der Waals surface area contributed by atoms with Gasteiger partial charge in [-0.1, -0.05) is 0 Å². The number of H-pyrrole nitrogens is 1. The van der Waals surface area contributed by atoms with Gasteiger partial charge in [-0.3, -0.25) is 9.59 Å². The maximum Gasteiger partial charge on any atom is 0.255 e. The Morgan fingerprint density at radius 2 is 1.94 bits per heavy atom. The van der Waals surface area contributed by atoms with Gasteiger partial charge < -0.3 is 15.2 Å². The van der Waals surface area contributed by atoms with E-state index in [1.54, 1.807) is 6.92 Å². The van der Waals surface area contributed by atoms with Crippen LogP contribution >= 0.6 is 0 Å². The van der Waals surface area contributed by atoms with Gasteiger partial charge in [-0.15, -0.1) is 0 Å². The van der Waals surface area contributed by atoms with Crippen LogP contribution in [0.25, 0.3) is 0 Å². The summed E-state index contributed by atoms with van der Waals surface area (Å²) in [5, 5.41) is 3.39. The molecule has 2 N–H and O–H groups in total. The molecule has 1 saturated heterocycles. The monoisotopic (exact) mass is 249 g/mol. The third-order valence-electron chi connectivity index (χ3n) is 3.21. The molecule has 1 aliphatic rings. The van der Waals surface area contributed by atoms with E-state index >= 15 is 0 Å². The van der Waals surface area contributed by atoms with Crippen molar-refractivity contribution in [1.29, 1.82) is 0 Å². The standard InChI is InChI=1S/C13H19N3O2/c1-8-4-12(17)14-5-11(8)13(18)16-6-9(2)15-10(3)7-16/h4-5,9-10,15H,6-7H2,1-3H3,(H,14,17)/t9-,10-/m0/s1. The van der Waals surface area contributed by atoms with Crippen molar-refractivity contribution in [2.75, 3.05) is 13.1 Å². The van der Waals surface area contributed by atoms with Crippen LogP contribution in [0, 0.1) is 6.92 Å². The molecule has 0 radical (unpaired) electrons. The maximum absolute atomic E-state index is 12.4. The second-order valence-corrected chi connectivity index (χ2v) is 5.07. The molecule has 0 unspecified atom stereocenters. The number of pyridine rings is 1. The van der Waals surface area contributed by atoms with Crippen molar-refractivity contribution in [3.05, 3.63) is 33.7 Å². The average Bonchev–Trinajstić information content (AvgIpc) is 2.26. The largest absolute Gasteiger partial charge is 0.335 e. The van der Waals surface area contributed by atoms with Gasteiger partial charge >= 0.3 is 0 Å². The Morgan fingerprint density at radius 3 is 2.50 bits per heavy atom. The SMILES string of the molecule is Cc1cc(=O)[nH]cc1C(=O)N1C[C@H](C)N[C@@H](C)C1. The molecule has 0 bridgehead atoms. The molecule has 18 heavy (non-hydrogen) atoms. The first-order valence-corrected chi connectivity index (χ1v) is 6.22. The van der Waals surface area contributed by atoms with Crippen LogP contribution in [0.15, 0.2) is 17.1 Å². The predicted octanol–water partition coefficient (Wildman–Crippen LogP) is 0.506. The van der Waals surface area contributed by atoms with Gasteiger partial charge in [0, 0.05) is 37.4 Å². The topological polar surface area (TPSA) is 65.2 Å². The summed E-state index contributed by atoms with van der Waals surface area (Å²) < 4.78 is 0. The molecule has 2 heterocycles. The van der Waals surface area contributed by atoms with Gasteiger partial charge in [0.25, 0.3) is 5.91 Å². The van der Waals surface area contributed by atoms with Crippen LogP contribution in [0.1, 0.15) is 29.8 Å². The Labute approximate surface area is 106 Å². The number of amides is 1. The van der Waals surface area contributed by atoms with Crippen molar-refractivity contribution in [1.82, 2.24) is 15.2 Å². The van der Waals surface area contributed by atoms with Gasteiger partial charge in [0.15, 0.2) is 0 Å². The molecule has 2 rings (SSSR count). The van der Waals surface area contributed by atoms with E-state index in [0.717, 1.165) is 5.56 Å². The summed E-state index contributed by atoms with van der Waals surface area (Å²) in [4.78, 5) is 28.0. The Balaban J connectivity index is 2.22. The van der Waals surface area contributed by atoms with Crippen molar-refractivity contribution >= 4 is 5.91 Å². The summed E-state index contributed by atoms with van der Waals surface area (Å²) >= 11 is 0. The second kappa shape index (κ2) is 4.94. The Morgan fingerprint density at radius 1 is 1.33 bits per heavy atom. The van der Waals surface area contributed by atoms with Gasteiger partial charge in [0.05, 0.1) is 5.56 Å². The van der Waals surface area contributed by atoms with Crippen LogP contribution < -0.4 is 10.9 Å². The number of carbonyl (C=O) groups is 1. The van der Waals surface area contributed by atoms with Gasteiger partial charge in [-0.25, -0.2) is 0 Å². The fourth-order valence-corrected chi connectivity index (χ4v) is 2.47. The number of rotatable bonds is 1. The molecule has 1 amide bonds. The molecule has 0 aliphatic carbocycles. The maximum atomic E-state index is 12.4. The lowest BCUT2D eigenvalue weighted by Crippen LogP contribution is -2.55. The number of hydrogen-bond acceptors (Lipinski definition) is 3. The van der Waals surface area contributed by atoms with Crippen LogP contribution in [0.4, 0.5) is 0 Å². The van der Waals surface area contributed by atoms with E-state index in [4.69, 9.17) is 0 Å². The van der Waals surface area contributed by atoms with Crippen molar-refractivity contribution < 1.29 is 4.79 Å². The van der Waals surface area contributed by atoms with Gasteiger partial charge in [-0.05, 0) is 26.3 Å². The molecule has 5 heteroatoms. The Hall–Kier alpha value is -1.62. The molecule has 98 valence electrons. The number of carbonyl (C=O) groups excluding carboxylic acids is 1. The van der Waals surface area contributed by atoms with Crippen molar-refractivity contribution in [2.45, 2.75) is 32.9 Å². The van der Waals surface area contributed by atoms with Crippen LogP contribution in [-0.4, -0.2) is 41.0 Å². The normalized spacial score (nSPS) is 24.1. The zero-order valence-corrected chi connectivity index (χ0v) is 11.0. The van der Waals surface area contributed by atoms with Crippen LogP contribution in [-0.2, 0) is 0 Å². The predicted molar refractivity (Wildman–Crippen MR) is 69.8 cm³/mol. The van der Waals surface area contributed by atoms with Crippen LogP contribution in [0.5, 0.6) is 0 Å². The quantitative estimate of drug-likeness (QED) is 0.762. The number of hydrogen-bond donors (Lipinski definition) is 2. The van der Waals surface area contributed by atoms with E-state index in [0.29, 0.717) is 30.7 Å². The molecule has 2 atom stereocenters. The fraction of sp³-hybridized carbons (Fsp3) is 0.538. The molecule has 0 saturated carbocycles. The second-order valence-electron chi connectivity index (χ2n) is 5.07. The first kappa shape index (κ1) is 12.8. The van der Waals surface area contributed by atoms with E-state index in [2.05, 4.69) is 24.1 Å². The molecule has 0 aromatic carbocycles. The summed E-state index contributed by atoms with van der Waals surface area (Å²) in [7, 11) is 0. The van der Waals surface area contributed by atoms with Gasteiger partial charge in [-0.2, -0.15) is 0 Å². The number of aryl methyl sites for hydroxylation is 1. The lowest BCUT2D eigenvalue weighted by Gasteiger charge is -2.36. The Kier molecular flexibility index (Phi) is 3.52. The van der Waals surface area contributed by atoms with E-state index in [-0.39, 0.29) is 11.5 Å². The summed E-state index contributed by atoms with van der Waals surface area (Å²) in [5.41, 5.74) is 1.13. The van der Waals surface area contributed by atoms with Crippen molar-refractivity contribution in [3.63, 3.8) is 0 Å². The molecule has 1 aliphatic heterocycles. The highest BCUT2D eigenvalue weighted by Crippen LogP contribution is 2.11. The number of nitrogens with one attached hydrogen (secondary N) is 2. The number of piperazine rings is 1. The highest BCUT2D eigenvalue weighted by atomic mass is 16.2. The average molecular weight is 249 g/mol. The Bertz CT molecular complexity index is 499. The summed E-state index contributed by atoms with van der Waals surface area (Å²) in [5.74, 6) is -0.0102. The summed E-state index contributed by atoms with van der Waals surface area (Å²) in [6.07, 6.45) is 1.51. The number of aromatic amines is 1. The van der Waals surface area contributed by atoms with E-state index < -0.39 is 0 Å². The highest BCUT2D eigenvalue weighted by Gasteiger charge is 2.26. The fourth-order valence-electron chi connectivity index (χ4n) is 2.47. The number of aromatic nitrogens is 1. The van der Waals surface area contributed by atoms with E-state index in [9.17, 15) is 9.59 Å². The third kappa shape index (κ3) is 2.61. The molecule has 1 fully saturated rings. The first-order valence-electron chi connectivity index (χ1n) is 6.22. The zero-order valence-electron chi connectivity index (χ0n) is 11.0. The van der Waals surface area contributed by atoms with Crippen LogP contribution in [0.3, 0.4) is 0 Å². The van der Waals surface area contributed by atoms with E-state index in [1.807, 2.05) is 4.90 Å². The minimum Gasteiger partial charge on any atom is -0.335 e. The van der Waals surface area contributed by atoms with Crippen LogP contribution in [0.2, 0.25) is 0 Å². The summed E-state index contributed by atoms with van der Waals surface area (Å²) in [6, 6.07) is 2.05. The first-order chi connectivity index (χ1) is 8.47. The molecular formula is C13H19N3O2. The lowest BCUT2D eigenvalue weighted by atomic mass is 10.1. The smallest absolute Gasteiger partial charge is 0.255 e. The highest BCUT2D eigenvalue weighted by molar-refractivity contribution is 5.95. The minimum atomic E-state index is -0.175. The number of nitrogens with zero attached hydrogens (tertiary/aromatic N) is 1. The molecule has 1 aromatic rings. The molecule has 0 spiro atoms. The zero-order chi connectivity index (χ0) is 13.3. The third-order valence-corrected chi connectivity index (χ3v) is 3.21. The molecule has 1 aromatic heterocycles. The molecule has 5 nitrogen and oxygen atoms in total. The van der Waals surface area contributed by atoms with Crippen molar-refractivity contribution in [2.24, 2.45) is 0 Å². The van der Waals surface area contributed by atoms with Gasteiger partial charge in [0.2, 0.25) is 5.56 Å². The minimum absolute atomic E-state index is 0.0102. The summed E-state index contributed by atoms with van der Waals surface area (Å²) in [6.45, 7) is 7.31.